The lowest BCUT2D eigenvalue weighted by atomic mass is 10.2. The number of hydrogen-bond donors (Lipinski definition) is 0. The number of rotatable bonds is 2. The van der Waals surface area contributed by atoms with Crippen LogP contribution in [-0.4, -0.2) is 9.55 Å². The fourth-order valence-electron chi connectivity index (χ4n) is 1.09. The zero-order chi connectivity index (χ0) is 9.56. The Morgan fingerprint density at radius 2 is 2.00 bits per heavy atom. The Labute approximate surface area is 75.6 Å². The van der Waals surface area contributed by atoms with Gasteiger partial charge in [0.25, 0.3) is 0 Å². The van der Waals surface area contributed by atoms with Crippen molar-refractivity contribution in [2.75, 3.05) is 0 Å². The summed E-state index contributed by atoms with van der Waals surface area (Å²) in [7, 11) is 0. The minimum absolute atomic E-state index is 0.537. The van der Waals surface area contributed by atoms with Crippen LogP contribution in [-0.2, 0) is 6.54 Å². The predicted octanol–water partition coefficient (Wildman–Crippen LogP) is 3.05. The maximum atomic E-state index is 4.25. The van der Waals surface area contributed by atoms with Gasteiger partial charge < -0.3 is 4.57 Å². The van der Waals surface area contributed by atoms with E-state index in [0.29, 0.717) is 5.92 Å². The molecule has 0 aliphatic rings. The van der Waals surface area contributed by atoms with Crippen molar-refractivity contribution in [1.29, 1.82) is 0 Å². The van der Waals surface area contributed by atoms with Crippen molar-refractivity contribution in [1.82, 2.24) is 9.55 Å². The van der Waals surface area contributed by atoms with Gasteiger partial charge in [0.1, 0.15) is 5.82 Å². The Bertz CT molecular complexity index is 201. The summed E-state index contributed by atoms with van der Waals surface area (Å²) >= 11 is 0. The first-order chi connectivity index (χ1) is 5.75. The molecule has 0 saturated heterocycles. The van der Waals surface area contributed by atoms with E-state index in [-0.39, 0.29) is 0 Å². The van der Waals surface area contributed by atoms with E-state index in [4.69, 9.17) is 0 Å². The lowest BCUT2D eigenvalue weighted by molar-refractivity contribution is 0.652. The topological polar surface area (TPSA) is 17.8 Å². The highest BCUT2D eigenvalue weighted by Crippen LogP contribution is 2.10. The Kier molecular flexibility index (Phi) is 5.43. The molecule has 0 atom stereocenters. The van der Waals surface area contributed by atoms with Gasteiger partial charge in [0.2, 0.25) is 0 Å². The van der Waals surface area contributed by atoms with Crippen LogP contribution in [0.5, 0.6) is 0 Å². The van der Waals surface area contributed by atoms with Crippen molar-refractivity contribution >= 4 is 0 Å². The van der Waals surface area contributed by atoms with Crippen LogP contribution in [0.1, 0.15) is 46.4 Å². The molecule has 1 aromatic heterocycles. The first kappa shape index (κ1) is 11.2. The molecule has 12 heavy (non-hydrogen) atoms. The molecule has 0 bridgehead atoms. The molecule has 2 heteroatoms. The normalized spacial score (nSPS) is 9.50. The molecule has 1 rings (SSSR count). The first-order valence-corrected chi connectivity index (χ1v) is 4.76. The van der Waals surface area contributed by atoms with Gasteiger partial charge in [0.05, 0.1) is 0 Å². The van der Waals surface area contributed by atoms with Crippen molar-refractivity contribution < 1.29 is 0 Å². The Hall–Kier alpha value is -0.790. The second-order valence-electron chi connectivity index (χ2n) is 2.73. The molecule has 0 aromatic carbocycles. The highest BCUT2D eigenvalue weighted by molar-refractivity contribution is 4.96. The van der Waals surface area contributed by atoms with Gasteiger partial charge in [-0.05, 0) is 6.92 Å². The van der Waals surface area contributed by atoms with Crippen LogP contribution in [0.4, 0.5) is 0 Å². The third-order valence-electron chi connectivity index (χ3n) is 1.60. The average molecular weight is 168 g/mol. The third kappa shape index (κ3) is 2.68. The second kappa shape index (κ2) is 5.81. The van der Waals surface area contributed by atoms with E-state index >= 15 is 0 Å². The van der Waals surface area contributed by atoms with Gasteiger partial charge in [-0.25, -0.2) is 4.98 Å². The van der Waals surface area contributed by atoms with Crippen LogP contribution in [0.25, 0.3) is 0 Å². The standard InChI is InChI=1S/C8H14N2.C2H6/c1-4-10-6-5-9-8(10)7(2)3;1-2/h5-7H,4H2,1-3H3;1-2H3. The highest BCUT2D eigenvalue weighted by Gasteiger charge is 2.03. The zero-order valence-corrected chi connectivity index (χ0v) is 8.83. The maximum absolute atomic E-state index is 4.25. The molecule has 0 spiro atoms. The number of nitrogens with zero attached hydrogens (tertiary/aromatic N) is 2. The molecule has 0 aliphatic carbocycles. The molecular weight excluding hydrogens is 148 g/mol. The van der Waals surface area contributed by atoms with E-state index in [1.54, 1.807) is 0 Å². The van der Waals surface area contributed by atoms with Gasteiger partial charge in [0, 0.05) is 24.9 Å². The lowest BCUT2D eigenvalue weighted by Gasteiger charge is -2.06. The van der Waals surface area contributed by atoms with E-state index < -0.39 is 0 Å². The number of aromatic nitrogens is 2. The van der Waals surface area contributed by atoms with E-state index in [0.717, 1.165) is 6.54 Å². The van der Waals surface area contributed by atoms with Crippen molar-refractivity contribution in [2.45, 2.75) is 47.1 Å². The van der Waals surface area contributed by atoms with Crippen molar-refractivity contribution in [3.63, 3.8) is 0 Å². The van der Waals surface area contributed by atoms with Crippen LogP contribution in [0.3, 0.4) is 0 Å². The summed E-state index contributed by atoms with van der Waals surface area (Å²) in [4.78, 5) is 4.25. The van der Waals surface area contributed by atoms with Gasteiger partial charge >= 0.3 is 0 Å². The van der Waals surface area contributed by atoms with E-state index in [1.165, 1.54) is 5.82 Å². The largest absolute Gasteiger partial charge is 0.335 e. The van der Waals surface area contributed by atoms with Gasteiger partial charge in [-0.15, -0.1) is 0 Å². The molecule has 0 radical (unpaired) electrons. The SMILES string of the molecule is CC.CCn1ccnc1C(C)C. The summed E-state index contributed by atoms with van der Waals surface area (Å²) in [5.41, 5.74) is 0. The number of imidazole rings is 1. The summed E-state index contributed by atoms with van der Waals surface area (Å²) in [6.07, 6.45) is 3.88. The molecule has 0 saturated carbocycles. The fraction of sp³-hybridized carbons (Fsp3) is 0.700. The summed E-state index contributed by atoms with van der Waals surface area (Å²) < 4.78 is 2.17. The lowest BCUT2D eigenvalue weighted by Crippen LogP contribution is -2.01. The monoisotopic (exact) mass is 168 g/mol. The Morgan fingerprint density at radius 1 is 1.42 bits per heavy atom. The molecule has 0 N–H and O–H groups in total. The molecule has 1 heterocycles. The van der Waals surface area contributed by atoms with Crippen LogP contribution in [0.15, 0.2) is 12.4 Å². The quantitative estimate of drug-likeness (QED) is 0.663. The van der Waals surface area contributed by atoms with Crippen LogP contribution in [0, 0.1) is 0 Å². The summed E-state index contributed by atoms with van der Waals surface area (Å²) in [5.74, 6) is 1.72. The molecule has 0 amide bonds. The molecule has 0 fully saturated rings. The first-order valence-electron chi connectivity index (χ1n) is 4.76. The van der Waals surface area contributed by atoms with Gasteiger partial charge in [-0.2, -0.15) is 0 Å². The molecule has 1 aromatic rings. The van der Waals surface area contributed by atoms with E-state index in [9.17, 15) is 0 Å². The van der Waals surface area contributed by atoms with Crippen molar-refractivity contribution in [3.8, 4) is 0 Å². The minimum Gasteiger partial charge on any atom is -0.335 e. The highest BCUT2D eigenvalue weighted by atomic mass is 15.1. The van der Waals surface area contributed by atoms with Crippen molar-refractivity contribution in [3.05, 3.63) is 18.2 Å². The second-order valence-corrected chi connectivity index (χ2v) is 2.73. The molecule has 0 unspecified atom stereocenters. The van der Waals surface area contributed by atoms with Crippen LogP contribution in [0.2, 0.25) is 0 Å². The third-order valence-corrected chi connectivity index (χ3v) is 1.60. The molecular formula is C10H20N2. The molecule has 70 valence electrons. The fourth-order valence-corrected chi connectivity index (χ4v) is 1.09. The summed E-state index contributed by atoms with van der Waals surface area (Å²) in [6, 6.07) is 0. The Morgan fingerprint density at radius 3 is 2.33 bits per heavy atom. The zero-order valence-electron chi connectivity index (χ0n) is 8.83. The van der Waals surface area contributed by atoms with Crippen LogP contribution >= 0.6 is 0 Å². The Balaban J connectivity index is 0.000000561. The smallest absolute Gasteiger partial charge is 0.111 e. The number of hydrogen-bond acceptors (Lipinski definition) is 1. The van der Waals surface area contributed by atoms with Crippen LogP contribution < -0.4 is 0 Å². The van der Waals surface area contributed by atoms with Gasteiger partial charge in [-0.3, -0.25) is 0 Å². The summed E-state index contributed by atoms with van der Waals surface area (Å²) in [6.45, 7) is 11.5. The van der Waals surface area contributed by atoms with E-state index in [1.807, 2.05) is 26.2 Å². The predicted molar refractivity (Wildman–Crippen MR) is 53.3 cm³/mol. The minimum atomic E-state index is 0.537. The maximum Gasteiger partial charge on any atom is 0.111 e. The summed E-state index contributed by atoms with van der Waals surface area (Å²) in [5, 5.41) is 0. The number of aryl methyl sites for hydroxylation is 1. The average Bonchev–Trinajstić information content (AvgIpc) is 2.55. The van der Waals surface area contributed by atoms with Gasteiger partial charge in [0.15, 0.2) is 0 Å². The van der Waals surface area contributed by atoms with E-state index in [2.05, 4.69) is 30.3 Å². The van der Waals surface area contributed by atoms with Crippen molar-refractivity contribution in [2.24, 2.45) is 0 Å². The molecule has 0 aliphatic heterocycles. The van der Waals surface area contributed by atoms with Gasteiger partial charge in [-0.1, -0.05) is 27.7 Å². The molecule has 2 nitrogen and oxygen atoms in total.